The van der Waals surface area contributed by atoms with Gasteiger partial charge in [-0.25, -0.2) is 4.98 Å². The molecule has 4 heteroatoms. The number of nitrogens with zero attached hydrogens (tertiary/aromatic N) is 2. The summed E-state index contributed by atoms with van der Waals surface area (Å²) in [5.41, 5.74) is 7.05. The standard InChI is InChI=1S/C4H3N4/c5-1-3-4(6)8-2-7-3/h2,6H,(H,7,8). The van der Waals surface area contributed by atoms with Gasteiger partial charge in [0.1, 0.15) is 6.07 Å². The second-order valence-corrected chi connectivity index (χ2v) is 1.24. The summed E-state index contributed by atoms with van der Waals surface area (Å²) in [4.78, 5) is 5.98. The zero-order valence-electron chi connectivity index (χ0n) is 3.97. The second-order valence-electron chi connectivity index (χ2n) is 1.24. The van der Waals surface area contributed by atoms with Gasteiger partial charge in [0, 0.05) is 0 Å². The maximum atomic E-state index is 8.15. The van der Waals surface area contributed by atoms with E-state index >= 15 is 0 Å². The number of aromatic amines is 1. The molecule has 1 aromatic rings. The largest absolute Gasteiger partial charge is 0.329 e. The molecule has 39 valence electrons. The molecule has 0 saturated carbocycles. The first-order valence-electron chi connectivity index (χ1n) is 1.99. The predicted molar refractivity (Wildman–Crippen MR) is 26.1 cm³/mol. The molecule has 0 unspecified atom stereocenters. The topological polar surface area (TPSA) is 76.3 Å². The number of hydrogen-bond donors (Lipinski definition) is 1. The molecule has 0 amide bonds. The minimum atomic E-state index is 0.0764. The zero-order chi connectivity index (χ0) is 5.98. The van der Waals surface area contributed by atoms with Crippen molar-refractivity contribution in [1.29, 1.82) is 5.26 Å². The average molecular weight is 107 g/mol. The SMILES string of the molecule is N#Cc1nc[nH]c1[NH]. The number of rotatable bonds is 0. The van der Waals surface area contributed by atoms with Crippen LogP contribution in [-0.4, -0.2) is 9.97 Å². The van der Waals surface area contributed by atoms with Crippen molar-refractivity contribution in [3.05, 3.63) is 12.0 Å². The molecule has 1 rings (SSSR count). The third-order valence-electron chi connectivity index (χ3n) is 0.745. The van der Waals surface area contributed by atoms with Crippen molar-refractivity contribution in [1.82, 2.24) is 15.7 Å². The summed E-state index contributed by atoms with van der Waals surface area (Å²) in [7, 11) is 0. The smallest absolute Gasteiger partial charge is 0.184 e. The van der Waals surface area contributed by atoms with Crippen LogP contribution in [0.2, 0.25) is 0 Å². The van der Waals surface area contributed by atoms with Crippen molar-refractivity contribution in [2.75, 3.05) is 0 Å². The highest BCUT2D eigenvalue weighted by atomic mass is 15.0. The molecule has 0 atom stereocenters. The van der Waals surface area contributed by atoms with E-state index in [2.05, 4.69) is 9.97 Å². The maximum absolute atomic E-state index is 8.15. The molecule has 1 radical (unpaired) electrons. The van der Waals surface area contributed by atoms with Gasteiger partial charge in [0.05, 0.1) is 6.33 Å². The van der Waals surface area contributed by atoms with Crippen LogP contribution in [0.25, 0.3) is 0 Å². The van der Waals surface area contributed by atoms with Crippen molar-refractivity contribution >= 4 is 5.82 Å². The molecular weight excluding hydrogens is 104 g/mol. The van der Waals surface area contributed by atoms with Crippen LogP contribution in [-0.2, 0) is 0 Å². The Kier molecular flexibility index (Phi) is 0.897. The van der Waals surface area contributed by atoms with Crippen molar-refractivity contribution < 1.29 is 0 Å². The van der Waals surface area contributed by atoms with Gasteiger partial charge in [-0.2, -0.15) is 5.26 Å². The van der Waals surface area contributed by atoms with E-state index in [0.29, 0.717) is 0 Å². The van der Waals surface area contributed by atoms with Gasteiger partial charge < -0.3 is 4.98 Å². The molecule has 0 aliphatic carbocycles. The average Bonchev–Trinajstić information content (AvgIpc) is 2.14. The number of nitrogens with one attached hydrogen (secondary N) is 2. The highest BCUT2D eigenvalue weighted by Gasteiger charge is 1.96. The van der Waals surface area contributed by atoms with Crippen molar-refractivity contribution in [2.45, 2.75) is 0 Å². The van der Waals surface area contributed by atoms with Gasteiger partial charge in [0.2, 0.25) is 0 Å². The first-order chi connectivity index (χ1) is 3.84. The summed E-state index contributed by atoms with van der Waals surface area (Å²) < 4.78 is 0. The number of aromatic nitrogens is 2. The lowest BCUT2D eigenvalue weighted by Gasteiger charge is -1.75. The molecule has 0 aliphatic heterocycles. The van der Waals surface area contributed by atoms with Gasteiger partial charge in [0.25, 0.3) is 0 Å². The quantitative estimate of drug-likeness (QED) is 0.514. The zero-order valence-corrected chi connectivity index (χ0v) is 3.97. The van der Waals surface area contributed by atoms with Crippen LogP contribution in [0.4, 0.5) is 5.82 Å². The molecule has 8 heavy (non-hydrogen) atoms. The van der Waals surface area contributed by atoms with Gasteiger partial charge in [0.15, 0.2) is 11.5 Å². The van der Waals surface area contributed by atoms with E-state index in [1.807, 2.05) is 0 Å². The van der Waals surface area contributed by atoms with Gasteiger partial charge in [-0.3, -0.25) is 5.73 Å². The second kappa shape index (κ2) is 1.54. The third kappa shape index (κ3) is 0.500. The number of hydrogen-bond acceptors (Lipinski definition) is 2. The fraction of sp³-hybridized carbons (Fsp3) is 0. The van der Waals surface area contributed by atoms with Gasteiger partial charge in [-0.05, 0) is 0 Å². The van der Waals surface area contributed by atoms with Crippen LogP contribution < -0.4 is 5.73 Å². The van der Waals surface area contributed by atoms with Crippen molar-refractivity contribution in [3.63, 3.8) is 0 Å². The van der Waals surface area contributed by atoms with E-state index in [-0.39, 0.29) is 11.5 Å². The van der Waals surface area contributed by atoms with E-state index in [1.54, 1.807) is 6.07 Å². The van der Waals surface area contributed by atoms with Crippen LogP contribution >= 0.6 is 0 Å². The highest BCUT2D eigenvalue weighted by molar-refractivity contribution is 5.38. The normalized spacial score (nSPS) is 8.38. The van der Waals surface area contributed by atoms with Gasteiger partial charge >= 0.3 is 0 Å². The Morgan fingerprint density at radius 2 is 2.62 bits per heavy atom. The number of nitriles is 1. The molecule has 1 heterocycles. The molecule has 0 fully saturated rings. The Labute approximate surface area is 46.0 Å². The first kappa shape index (κ1) is 4.65. The lowest BCUT2D eigenvalue weighted by atomic mass is 10.5. The monoisotopic (exact) mass is 107 g/mol. The Hall–Kier alpha value is -1.50. The lowest BCUT2D eigenvalue weighted by molar-refractivity contribution is 1.28. The summed E-state index contributed by atoms with van der Waals surface area (Å²) in [5, 5.41) is 8.15. The van der Waals surface area contributed by atoms with E-state index in [9.17, 15) is 0 Å². The molecule has 0 aliphatic rings. The minimum Gasteiger partial charge on any atom is -0.329 e. The van der Waals surface area contributed by atoms with E-state index in [4.69, 9.17) is 11.0 Å². The summed E-state index contributed by atoms with van der Waals surface area (Å²) in [6.45, 7) is 0. The molecule has 0 spiro atoms. The Balaban J connectivity index is 3.15. The van der Waals surface area contributed by atoms with Crippen molar-refractivity contribution in [2.24, 2.45) is 0 Å². The molecule has 1 aromatic heterocycles. The number of imidazole rings is 1. The summed E-state index contributed by atoms with van der Waals surface area (Å²) >= 11 is 0. The molecule has 2 N–H and O–H groups in total. The minimum absolute atomic E-state index is 0.0764. The summed E-state index contributed by atoms with van der Waals surface area (Å²) in [6, 6.07) is 1.75. The van der Waals surface area contributed by atoms with Crippen LogP contribution in [0, 0.1) is 11.3 Å². The fourth-order valence-corrected chi connectivity index (χ4v) is 0.379. The Morgan fingerprint density at radius 3 is 2.88 bits per heavy atom. The van der Waals surface area contributed by atoms with E-state index in [1.165, 1.54) is 6.33 Å². The van der Waals surface area contributed by atoms with Gasteiger partial charge in [-0.15, -0.1) is 0 Å². The molecule has 0 bridgehead atoms. The Bertz CT molecular complexity index is 218. The third-order valence-corrected chi connectivity index (χ3v) is 0.745. The van der Waals surface area contributed by atoms with Crippen molar-refractivity contribution in [3.8, 4) is 6.07 Å². The molecular formula is C4H3N4. The van der Waals surface area contributed by atoms with E-state index < -0.39 is 0 Å². The first-order valence-corrected chi connectivity index (χ1v) is 1.99. The predicted octanol–water partition coefficient (Wildman–Crippen LogP) is 0.196. The lowest BCUT2D eigenvalue weighted by Crippen LogP contribution is -1.73. The number of H-pyrrole nitrogens is 1. The molecule has 0 aromatic carbocycles. The molecule has 4 nitrogen and oxygen atoms in total. The van der Waals surface area contributed by atoms with Crippen LogP contribution in [0.5, 0.6) is 0 Å². The van der Waals surface area contributed by atoms with Crippen LogP contribution in [0.1, 0.15) is 5.69 Å². The van der Waals surface area contributed by atoms with E-state index in [0.717, 1.165) is 0 Å². The molecule has 0 saturated heterocycles. The highest BCUT2D eigenvalue weighted by Crippen LogP contribution is 2.01. The summed E-state index contributed by atoms with van der Waals surface area (Å²) in [5.74, 6) is 0.0764. The summed E-state index contributed by atoms with van der Waals surface area (Å²) in [6.07, 6.45) is 1.32. The van der Waals surface area contributed by atoms with Crippen LogP contribution in [0.15, 0.2) is 6.33 Å². The Morgan fingerprint density at radius 1 is 1.88 bits per heavy atom. The fourth-order valence-electron chi connectivity index (χ4n) is 0.379. The maximum Gasteiger partial charge on any atom is 0.184 e. The van der Waals surface area contributed by atoms with Crippen LogP contribution in [0.3, 0.4) is 0 Å². The van der Waals surface area contributed by atoms with Gasteiger partial charge in [-0.1, -0.05) is 0 Å².